The molecule has 2 heterocycles. The van der Waals surface area contributed by atoms with E-state index in [2.05, 4.69) is 16.4 Å². The van der Waals surface area contributed by atoms with Gasteiger partial charge < -0.3 is 19.5 Å². The number of nitrogens with one attached hydrogen (secondary N) is 1. The summed E-state index contributed by atoms with van der Waals surface area (Å²) in [6.07, 6.45) is 3.07. The van der Waals surface area contributed by atoms with Crippen LogP contribution in [-0.2, 0) is 11.3 Å². The highest BCUT2D eigenvalue weighted by Gasteiger charge is 2.29. The molecule has 0 radical (unpaired) electrons. The fraction of sp³-hybridized carbons (Fsp3) is 0.360. The largest absolute Gasteiger partial charge is 0.497 e. The van der Waals surface area contributed by atoms with Crippen LogP contribution in [0, 0.1) is 21.4 Å². The minimum atomic E-state index is -0.456. The standard InChI is InChI=1S/C25H26N4O5/c1-15-4-5-18(14-34-15)23-16(11-26)7-9-20-24(23)25(21(13-27-20)29(30)31)28-12-17-6-8-19(32-2)10-22(17)33-3/h6-10,13,15,18H,4-5,12,14H2,1-3H3,(H,27,28)/t15-,18?/m1/s1. The van der Waals surface area contributed by atoms with Gasteiger partial charge in [-0.3, -0.25) is 10.1 Å². The number of fused-ring (bicyclic) bond motifs is 1. The number of methoxy groups -OCH3 is 2. The molecule has 0 spiro atoms. The van der Waals surface area contributed by atoms with Gasteiger partial charge in [0, 0.05) is 29.5 Å². The summed E-state index contributed by atoms with van der Waals surface area (Å²) in [6.45, 7) is 2.73. The van der Waals surface area contributed by atoms with Crippen LogP contribution in [-0.4, -0.2) is 36.8 Å². The van der Waals surface area contributed by atoms with Gasteiger partial charge in [-0.15, -0.1) is 0 Å². The maximum Gasteiger partial charge on any atom is 0.311 e. The van der Waals surface area contributed by atoms with Crippen molar-refractivity contribution < 1.29 is 19.1 Å². The number of nitriles is 1. The molecule has 1 unspecified atom stereocenters. The molecule has 0 aliphatic carbocycles. The first-order valence-corrected chi connectivity index (χ1v) is 11.0. The summed E-state index contributed by atoms with van der Waals surface area (Å²) < 4.78 is 16.6. The van der Waals surface area contributed by atoms with Gasteiger partial charge in [-0.05, 0) is 49.6 Å². The van der Waals surface area contributed by atoms with Crippen LogP contribution in [0.5, 0.6) is 11.5 Å². The van der Waals surface area contributed by atoms with E-state index in [1.54, 1.807) is 38.5 Å². The van der Waals surface area contributed by atoms with Gasteiger partial charge in [-0.1, -0.05) is 0 Å². The molecule has 4 rings (SSSR count). The molecule has 9 heteroatoms. The summed E-state index contributed by atoms with van der Waals surface area (Å²) in [7, 11) is 3.13. The fourth-order valence-corrected chi connectivity index (χ4v) is 4.43. The van der Waals surface area contributed by atoms with E-state index in [0.29, 0.717) is 40.3 Å². The van der Waals surface area contributed by atoms with E-state index in [4.69, 9.17) is 14.2 Å². The summed E-state index contributed by atoms with van der Waals surface area (Å²) in [5, 5.41) is 25.7. The number of benzene rings is 2. The number of nitrogens with zero attached hydrogens (tertiary/aromatic N) is 3. The Morgan fingerprint density at radius 3 is 2.74 bits per heavy atom. The highest BCUT2D eigenvalue weighted by molar-refractivity contribution is 5.99. The molecule has 3 aromatic rings. The molecule has 34 heavy (non-hydrogen) atoms. The molecule has 0 saturated carbocycles. The van der Waals surface area contributed by atoms with Crippen LogP contribution >= 0.6 is 0 Å². The number of ether oxygens (including phenoxy) is 3. The van der Waals surface area contributed by atoms with E-state index in [0.717, 1.165) is 24.0 Å². The molecule has 1 aliphatic heterocycles. The molecule has 1 saturated heterocycles. The Morgan fingerprint density at radius 2 is 2.09 bits per heavy atom. The van der Waals surface area contributed by atoms with Crippen LogP contribution in [0.25, 0.3) is 10.9 Å². The Kier molecular flexibility index (Phi) is 6.80. The van der Waals surface area contributed by atoms with Crippen molar-refractivity contribution in [2.75, 3.05) is 26.1 Å². The van der Waals surface area contributed by atoms with Crippen molar-refractivity contribution in [1.29, 1.82) is 5.26 Å². The molecular weight excluding hydrogens is 436 g/mol. The maximum atomic E-state index is 12.0. The third kappa shape index (κ3) is 4.45. The average Bonchev–Trinajstić information content (AvgIpc) is 2.86. The van der Waals surface area contributed by atoms with Crippen LogP contribution in [0.1, 0.15) is 42.4 Å². The Bertz CT molecular complexity index is 1260. The van der Waals surface area contributed by atoms with E-state index in [9.17, 15) is 15.4 Å². The Hall–Kier alpha value is -3.90. The van der Waals surface area contributed by atoms with Gasteiger partial charge in [0.25, 0.3) is 0 Å². The van der Waals surface area contributed by atoms with Gasteiger partial charge in [-0.25, -0.2) is 4.98 Å². The van der Waals surface area contributed by atoms with E-state index < -0.39 is 4.92 Å². The van der Waals surface area contributed by atoms with Crippen LogP contribution in [0.3, 0.4) is 0 Å². The third-order valence-electron chi connectivity index (χ3n) is 6.23. The van der Waals surface area contributed by atoms with E-state index >= 15 is 0 Å². The van der Waals surface area contributed by atoms with Gasteiger partial charge in [0.15, 0.2) is 0 Å². The highest BCUT2D eigenvalue weighted by Crippen LogP contribution is 2.41. The lowest BCUT2D eigenvalue weighted by Crippen LogP contribution is -2.23. The maximum absolute atomic E-state index is 12.0. The molecule has 1 aromatic heterocycles. The molecular formula is C25H26N4O5. The lowest BCUT2D eigenvalue weighted by molar-refractivity contribution is -0.384. The van der Waals surface area contributed by atoms with Gasteiger partial charge in [0.2, 0.25) is 0 Å². The zero-order valence-corrected chi connectivity index (χ0v) is 19.3. The number of aromatic nitrogens is 1. The predicted octanol–water partition coefficient (Wildman–Crippen LogP) is 4.93. The van der Waals surface area contributed by atoms with E-state index in [1.807, 2.05) is 13.0 Å². The van der Waals surface area contributed by atoms with Gasteiger partial charge in [-0.2, -0.15) is 5.26 Å². The highest BCUT2D eigenvalue weighted by atomic mass is 16.6. The van der Waals surface area contributed by atoms with Crippen LogP contribution in [0.4, 0.5) is 11.4 Å². The normalized spacial score (nSPS) is 17.7. The van der Waals surface area contributed by atoms with Crippen molar-refractivity contribution in [2.24, 2.45) is 0 Å². The smallest absolute Gasteiger partial charge is 0.311 e. The summed E-state index contributed by atoms with van der Waals surface area (Å²) in [6, 6.07) is 11.1. The van der Waals surface area contributed by atoms with Gasteiger partial charge in [0.05, 0.1) is 49.0 Å². The Balaban J connectivity index is 1.85. The molecule has 9 nitrogen and oxygen atoms in total. The first kappa shape index (κ1) is 23.3. The van der Waals surface area contributed by atoms with Crippen LogP contribution < -0.4 is 14.8 Å². The van der Waals surface area contributed by atoms with E-state index in [-0.39, 0.29) is 24.3 Å². The fourth-order valence-electron chi connectivity index (χ4n) is 4.43. The second-order valence-corrected chi connectivity index (χ2v) is 8.26. The number of pyridine rings is 1. The number of rotatable bonds is 7. The summed E-state index contributed by atoms with van der Waals surface area (Å²) in [5.74, 6) is 1.18. The zero-order chi connectivity index (χ0) is 24.2. The third-order valence-corrected chi connectivity index (χ3v) is 6.23. The quantitative estimate of drug-likeness (QED) is 0.388. The molecule has 1 aliphatic rings. The monoisotopic (exact) mass is 462 g/mol. The zero-order valence-electron chi connectivity index (χ0n) is 19.3. The minimum absolute atomic E-state index is 0.0607. The van der Waals surface area contributed by atoms with Gasteiger partial charge >= 0.3 is 5.69 Å². The molecule has 0 bridgehead atoms. The molecule has 2 atom stereocenters. The predicted molar refractivity (Wildman–Crippen MR) is 127 cm³/mol. The van der Waals surface area contributed by atoms with Crippen molar-refractivity contribution in [3.8, 4) is 17.6 Å². The molecule has 0 amide bonds. The number of anilines is 1. The number of nitro groups is 1. The summed E-state index contributed by atoms with van der Waals surface area (Å²) >= 11 is 0. The average molecular weight is 463 g/mol. The molecule has 1 fully saturated rings. The van der Waals surface area contributed by atoms with Crippen LogP contribution in [0.15, 0.2) is 36.5 Å². The topological polar surface area (TPSA) is 120 Å². The summed E-state index contributed by atoms with van der Waals surface area (Å²) in [4.78, 5) is 15.9. The SMILES string of the molecule is COc1ccc(CNc2c([N+](=O)[O-])cnc3ccc(C#N)c(C4CC[C@@H](C)OC4)c23)c(OC)c1. The lowest BCUT2D eigenvalue weighted by Gasteiger charge is -2.29. The molecule has 1 N–H and O–H groups in total. The van der Waals surface area contributed by atoms with Crippen molar-refractivity contribution in [3.05, 3.63) is 63.3 Å². The molecule has 2 aromatic carbocycles. The van der Waals surface area contributed by atoms with E-state index in [1.165, 1.54) is 6.20 Å². The number of hydrogen-bond donors (Lipinski definition) is 1. The first-order valence-electron chi connectivity index (χ1n) is 11.0. The van der Waals surface area contributed by atoms with Crippen molar-refractivity contribution >= 4 is 22.3 Å². The molecule has 176 valence electrons. The van der Waals surface area contributed by atoms with Crippen molar-refractivity contribution in [1.82, 2.24) is 4.98 Å². The first-order chi connectivity index (χ1) is 16.5. The Labute approximate surface area is 197 Å². The second-order valence-electron chi connectivity index (χ2n) is 8.26. The Morgan fingerprint density at radius 1 is 1.26 bits per heavy atom. The lowest BCUT2D eigenvalue weighted by atomic mass is 9.85. The summed E-state index contributed by atoms with van der Waals surface area (Å²) in [5.41, 5.74) is 2.79. The second kappa shape index (κ2) is 9.93. The number of hydrogen-bond acceptors (Lipinski definition) is 8. The van der Waals surface area contributed by atoms with Gasteiger partial charge in [0.1, 0.15) is 23.4 Å². The van der Waals surface area contributed by atoms with Crippen molar-refractivity contribution in [3.63, 3.8) is 0 Å². The van der Waals surface area contributed by atoms with Crippen LogP contribution in [0.2, 0.25) is 0 Å². The minimum Gasteiger partial charge on any atom is -0.497 e. The van der Waals surface area contributed by atoms with Crippen molar-refractivity contribution in [2.45, 2.75) is 38.3 Å².